The first-order valence-corrected chi connectivity index (χ1v) is 7.89. The molecule has 4 nitrogen and oxygen atoms in total. The number of nitrogens with zero attached hydrogens (tertiary/aromatic N) is 2. The molecule has 0 aliphatic carbocycles. The lowest BCUT2D eigenvalue weighted by molar-refractivity contribution is 0.416. The lowest BCUT2D eigenvalue weighted by Gasteiger charge is -2.07. The van der Waals surface area contributed by atoms with Gasteiger partial charge in [-0.2, -0.15) is 0 Å². The summed E-state index contributed by atoms with van der Waals surface area (Å²) < 4.78 is 5.47. The van der Waals surface area contributed by atoms with Crippen LogP contribution in [0.1, 0.15) is 4.88 Å². The van der Waals surface area contributed by atoms with Crippen molar-refractivity contribution >= 4 is 11.3 Å². The van der Waals surface area contributed by atoms with Gasteiger partial charge in [0, 0.05) is 16.6 Å². The number of aromatic nitrogens is 2. The zero-order chi connectivity index (χ0) is 15.4. The summed E-state index contributed by atoms with van der Waals surface area (Å²) in [5, 5.41) is 0.907. The van der Waals surface area contributed by atoms with Crippen molar-refractivity contribution in [2.75, 3.05) is 13.7 Å². The first-order chi connectivity index (χ1) is 10.8. The number of thiazole rings is 1. The number of hydrogen-bond donors (Lipinski definition) is 1. The van der Waals surface area contributed by atoms with Gasteiger partial charge in [-0.1, -0.05) is 18.2 Å². The molecule has 0 amide bonds. The van der Waals surface area contributed by atoms with Crippen molar-refractivity contribution in [3.63, 3.8) is 0 Å². The fraction of sp³-hybridized carbons (Fsp3) is 0.176. The molecule has 5 heteroatoms. The lowest BCUT2D eigenvalue weighted by atomic mass is 10.1. The highest BCUT2D eigenvalue weighted by molar-refractivity contribution is 7.15. The van der Waals surface area contributed by atoms with Gasteiger partial charge in [0.25, 0.3) is 0 Å². The molecule has 0 aliphatic heterocycles. The first kappa shape index (κ1) is 14.7. The fourth-order valence-electron chi connectivity index (χ4n) is 2.30. The monoisotopic (exact) mass is 311 g/mol. The van der Waals surface area contributed by atoms with Crippen LogP contribution in [0.4, 0.5) is 0 Å². The molecule has 0 atom stereocenters. The highest BCUT2D eigenvalue weighted by atomic mass is 32.1. The molecule has 2 N–H and O–H groups in total. The zero-order valence-corrected chi connectivity index (χ0v) is 13.1. The summed E-state index contributed by atoms with van der Waals surface area (Å²) in [5.41, 5.74) is 8.57. The molecule has 3 rings (SSSR count). The lowest BCUT2D eigenvalue weighted by Crippen LogP contribution is -2.02. The Morgan fingerprint density at radius 1 is 1.14 bits per heavy atom. The van der Waals surface area contributed by atoms with Crippen molar-refractivity contribution in [2.45, 2.75) is 6.42 Å². The van der Waals surface area contributed by atoms with Gasteiger partial charge in [-0.25, -0.2) is 4.98 Å². The summed E-state index contributed by atoms with van der Waals surface area (Å²) in [7, 11) is 1.67. The van der Waals surface area contributed by atoms with Gasteiger partial charge in [0.2, 0.25) is 0 Å². The average Bonchev–Trinajstić information content (AvgIpc) is 3.00. The maximum atomic E-state index is 5.76. The van der Waals surface area contributed by atoms with Crippen LogP contribution < -0.4 is 10.5 Å². The summed E-state index contributed by atoms with van der Waals surface area (Å²) in [6, 6.07) is 13.8. The maximum Gasteiger partial charge on any atom is 0.142 e. The normalized spacial score (nSPS) is 10.6. The predicted molar refractivity (Wildman–Crippen MR) is 90.1 cm³/mol. The van der Waals surface area contributed by atoms with Crippen molar-refractivity contribution in [3.05, 3.63) is 53.5 Å². The van der Waals surface area contributed by atoms with Crippen LogP contribution in [0.3, 0.4) is 0 Å². The van der Waals surface area contributed by atoms with E-state index in [1.807, 2.05) is 42.5 Å². The van der Waals surface area contributed by atoms with E-state index in [-0.39, 0.29) is 0 Å². The molecule has 0 radical (unpaired) electrons. The molecule has 0 saturated carbocycles. The molecule has 1 aromatic carbocycles. The first-order valence-electron chi connectivity index (χ1n) is 7.08. The molecule has 112 valence electrons. The summed E-state index contributed by atoms with van der Waals surface area (Å²) in [6.45, 7) is 0.589. The van der Waals surface area contributed by atoms with E-state index in [2.05, 4.69) is 4.98 Å². The average molecular weight is 311 g/mol. The number of benzene rings is 1. The molecule has 2 aromatic heterocycles. The number of para-hydroxylation sites is 1. The second-order valence-corrected chi connectivity index (χ2v) is 5.83. The second-order valence-electron chi connectivity index (χ2n) is 4.74. The van der Waals surface area contributed by atoms with Crippen LogP contribution in [-0.2, 0) is 6.42 Å². The quantitative estimate of drug-likeness (QED) is 0.784. The van der Waals surface area contributed by atoms with Crippen LogP contribution in [-0.4, -0.2) is 23.6 Å². The second kappa shape index (κ2) is 6.68. The molecule has 0 fully saturated rings. The largest absolute Gasteiger partial charge is 0.496 e. The SMILES string of the molecule is COc1ccccc1-c1nc(-c2ccccn2)sc1CCN. The Morgan fingerprint density at radius 2 is 1.95 bits per heavy atom. The van der Waals surface area contributed by atoms with E-state index < -0.39 is 0 Å². The highest BCUT2D eigenvalue weighted by Crippen LogP contribution is 2.37. The van der Waals surface area contributed by atoms with Crippen molar-refractivity contribution in [1.82, 2.24) is 9.97 Å². The predicted octanol–water partition coefficient (Wildman–Crippen LogP) is 3.38. The zero-order valence-electron chi connectivity index (χ0n) is 12.3. The molecule has 0 aliphatic rings. The number of pyridine rings is 1. The van der Waals surface area contributed by atoms with Crippen molar-refractivity contribution in [2.24, 2.45) is 5.73 Å². The van der Waals surface area contributed by atoms with Gasteiger partial charge in [0.15, 0.2) is 0 Å². The van der Waals surface area contributed by atoms with Gasteiger partial charge in [0.05, 0.1) is 18.5 Å². The van der Waals surface area contributed by atoms with Crippen LogP contribution >= 0.6 is 11.3 Å². The summed E-state index contributed by atoms with van der Waals surface area (Å²) in [5.74, 6) is 0.818. The van der Waals surface area contributed by atoms with Crippen LogP contribution in [0, 0.1) is 0 Å². The molecule has 0 saturated heterocycles. The molecule has 22 heavy (non-hydrogen) atoms. The minimum Gasteiger partial charge on any atom is -0.496 e. The van der Waals surface area contributed by atoms with Crippen LogP contribution in [0.15, 0.2) is 48.7 Å². The van der Waals surface area contributed by atoms with E-state index in [0.717, 1.165) is 39.0 Å². The van der Waals surface area contributed by atoms with E-state index in [4.69, 9.17) is 15.5 Å². The Bertz CT molecular complexity index is 756. The van der Waals surface area contributed by atoms with Gasteiger partial charge >= 0.3 is 0 Å². The van der Waals surface area contributed by atoms with E-state index in [1.54, 1.807) is 24.6 Å². The summed E-state index contributed by atoms with van der Waals surface area (Å²) in [4.78, 5) is 10.3. The third-order valence-corrected chi connectivity index (χ3v) is 4.45. The van der Waals surface area contributed by atoms with Gasteiger partial charge < -0.3 is 10.5 Å². The van der Waals surface area contributed by atoms with E-state index >= 15 is 0 Å². The van der Waals surface area contributed by atoms with Crippen LogP contribution in [0.25, 0.3) is 22.0 Å². The van der Waals surface area contributed by atoms with Crippen LogP contribution in [0.5, 0.6) is 5.75 Å². The molecule has 0 bridgehead atoms. The van der Waals surface area contributed by atoms with Gasteiger partial charge in [-0.3, -0.25) is 4.98 Å². The number of hydrogen-bond acceptors (Lipinski definition) is 5. The highest BCUT2D eigenvalue weighted by Gasteiger charge is 2.17. The molecule has 2 heterocycles. The third-order valence-electron chi connectivity index (χ3n) is 3.31. The van der Waals surface area contributed by atoms with Gasteiger partial charge in [-0.15, -0.1) is 11.3 Å². The van der Waals surface area contributed by atoms with E-state index in [9.17, 15) is 0 Å². The third kappa shape index (κ3) is 2.86. The smallest absolute Gasteiger partial charge is 0.142 e. The molecule has 0 unspecified atom stereocenters. The molecular formula is C17H17N3OS. The van der Waals surface area contributed by atoms with E-state index in [0.29, 0.717) is 6.54 Å². The van der Waals surface area contributed by atoms with Crippen molar-refractivity contribution in [1.29, 1.82) is 0 Å². The van der Waals surface area contributed by atoms with Crippen molar-refractivity contribution < 1.29 is 4.74 Å². The Balaban J connectivity index is 2.12. The number of ether oxygens (including phenoxy) is 1. The minimum atomic E-state index is 0.589. The Hall–Kier alpha value is -2.24. The maximum absolute atomic E-state index is 5.76. The summed E-state index contributed by atoms with van der Waals surface area (Å²) in [6.07, 6.45) is 2.57. The van der Waals surface area contributed by atoms with E-state index in [1.165, 1.54) is 0 Å². The Labute approximate surface area is 133 Å². The molecular weight excluding hydrogens is 294 g/mol. The van der Waals surface area contributed by atoms with Gasteiger partial charge in [-0.05, 0) is 37.2 Å². The minimum absolute atomic E-state index is 0.589. The summed E-state index contributed by atoms with van der Waals surface area (Å²) >= 11 is 1.64. The topological polar surface area (TPSA) is 61.0 Å². The van der Waals surface area contributed by atoms with Crippen LogP contribution in [0.2, 0.25) is 0 Å². The molecule has 0 spiro atoms. The standard InChI is InChI=1S/C17H17N3OS/c1-21-14-8-3-2-6-12(14)16-15(9-10-18)22-17(20-16)13-7-4-5-11-19-13/h2-8,11H,9-10,18H2,1H3. The Morgan fingerprint density at radius 3 is 2.68 bits per heavy atom. The molecule has 3 aromatic rings. The number of nitrogens with two attached hydrogens (primary N) is 1. The number of rotatable bonds is 5. The van der Waals surface area contributed by atoms with Crippen molar-refractivity contribution in [3.8, 4) is 27.7 Å². The number of methoxy groups -OCH3 is 1. The van der Waals surface area contributed by atoms with Gasteiger partial charge in [0.1, 0.15) is 10.8 Å². The fourth-order valence-corrected chi connectivity index (χ4v) is 3.37. The Kier molecular flexibility index (Phi) is 4.46.